The van der Waals surface area contributed by atoms with E-state index >= 15 is 0 Å². The molecule has 6 heteroatoms. The van der Waals surface area contributed by atoms with Gasteiger partial charge in [-0.3, -0.25) is 4.79 Å². The Hall–Kier alpha value is -2.18. The molecule has 2 rings (SSSR count). The lowest BCUT2D eigenvalue weighted by Crippen LogP contribution is -2.41. The number of nitrogens with one attached hydrogen (secondary N) is 2. The summed E-state index contributed by atoms with van der Waals surface area (Å²) in [7, 11) is -3.73. The van der Waals surface area contributed by atoms with Crippen LogP contribution in [0.2, 0.25) is 0 Å². The van der Waals surface area contributed by atoms with Crippen LogP contribution in [0.15, 0.2) is 47.4 Å². The molecule has 2 aromatic carbocycles. The lowest BCUT2D eigenvalue weighted by Gasteiger charge is -2.17. The lowest BCUT2D eigenvalue weighted by atomic mass is 10.0. The van der Waals surface area contributed by atoms with Crippen molar-refractivity contribution in [3.05, 3.63) is 59.2 Å². The molecule has 0 spiro atoms. The van der Waals surface area contributed by atoms with Gasteiger partial charge in [0.2, 0.25) is 15.9 Å². The third-order valence-corrected chi connectivity index (χ3v) is 5.26. The summed E-state index contributed by atoms with van der Waals surface area (Å²) in [5.41, 5.74) is 3.72. The van der Waals surface area contributed by atoms with Gasteiger partial charge in [0, 0.05) is 5.69 Å². The highest BCUT2D eigenvalue weighted by molar-refractivity contribution is 7.89. The number of sulfonamides is 1. The Morgan fingerprint density at radius 2 is 1.54 bits per heavy atom. The molecule has 1 atom stereocenters. The highest BCUT2D eigenvalue weighted by Gasteiger charge is 2.22. The molecule has 1 amide bonds. The van der Waals surface area contributed by atoms with Gasteiger partial charge in [0.05, 0.1) is 10.9 Å². The molecule has 0 bridgehead atoms. The monoisotopic (exact) mass is 346 g/mol. The number of aryl methyl sites for hydroxylation is 3. The van der Waals surface area contributed by atoms with Crippen molar-refractivity contribution >= 4 is 21.6 Å². The topological polar surface area (TPSA) is 75.3 Å². The average Bonchev–Trinajstić information content (AvgIpc) is 2.51. The van der Waals surface area contributed by atoms with Crippen LogP contribution in [-0.2, 0) is 14.8 Å². The Morgan fingerprint density at radius 1 is 1.00 bits per heavy atom. The molecule has 0 heterocycles. The van der Waals surface area contributed by atoms with Crippen molar-refractivity contribution in [1.29, 1.82) is 0 Å². The zero-order chi connectivity index (χ0) is 17.9. The van der Waals surface area contributed by atoms with E-state index in [0.717, 1.165) is 22.4 Å². The summed E-state index contributed by atoms with van der Waals surface area (Å²) >= 11 is 0. The van der Waals surface area contributed by atoms with Gasteiger partial charge in [0.25, 0.3) is 0 Å². The molecule has 0 radical (unpaired) electrons. The molecular weight excluding hydrogens is 324 g/mol. The van der Waals surface area contributed by atoms with E-state index in [9.17, 15) is 13.2 Å². The van der Waals surface area contributed by atoms with Gasteiger partial charge >= 0.3 is 0 Å². The van der Waals surface area contributed by atoms with Crippen molar-refractivity contribution < 1.29 is 13.2 Å². The average molecular weight is 346 g/mol. The molecule has 0 aliphatic heterocycles. The van der Waals surface area contributed by atoms with Crippen LogP contribution in [0.5, 0.6) is 0 Å². The zero-order valence-corrected chi connectivity index (χ0v) is 15.1. The minimum absolute atomic E-state index is 0.132. The number of amides is 1. The van der Waals surface area contributed by atoms with Gasteiger partial charge in [0.1, 0.15) is 0 Å². The molecular formula is C18H22N2O3S. The number of carbonyl (C=O) groups is 1. The molecule has 128 valence electrons. The Balaban J connectivity index is 2.14. The first-order valence-electron chi connectivity index (χ1n) is 7.67. The van der Waals surface area contributed by atoms with Crippen molar-refractivity contribution in [1.82, 2.24) is 4.72 Å². The molecule has 2 N–H and O–H groups in total. The van der Waals surface area contributed by atoms with Crippen LogP contribution < -0.4 is 10.0 Å². The van der Waals surface area contributed by atoms with Crippen molar-refractivity contribution in [3.8, 4) is 0 Å². The maximum Gasteiger partial charge on any atom is 0.242 e. The molecule has 0 aliphatic rings. The first-order chi connectivity index (χ1) is 11.2. The van der Waals surface area contributed by atoms with E-state index in [4.69, 9.17) is 0 Å². The van der Waals surface area contributed by atoms with Gasteiger partial charge in [-0.1, -0.05) is 35.9 Å². The van der Waals surface area contributed by atoms with E-state index in [1.807, 2.05) is 32.9 Å². The number of anilines is 1. The third kappa shape index (κ3) is 4.21. The number of benzene rings is 2. The lowest BCUT2D eigenvalue weighted by molar-refractivity contribution is -0.117. The fourth-order valence-corrected chi connectivity index (χ4v) is 3.79. The summed E-state index contributed by atoms with van der Waals surface area (Å²) in [5.74, 6) is -0.399. The van der Waals surface area contributed by atoms with E-state index in [2.05, 4.69) is 10.0 Å². The fraction of sp³-hybridized carbons (Fsp3) is 0.278. The summed E-state index contributed by atoms with van der Waals surface area (Å²) in [4.78, 5) is 12.5. The van der Waals surface area contributed by atoms with Gasteiger partial charge in [-0.25, -0.2) is 8.42 Å². The summed E-state index contributed by atoms with van der Waals surface area (Å²) in [6.07, 6.45) is 0. The maximum atomic E-state index is 12.4. The van der Waals surface area contributed by atoms with E-state index in [1.54, 1.807) is 18.2 Å². The molecule has 24 heavy (non-hydrogen) atoms. The Labute approximate surface area is 143 Å². The Morgan fingerprint density at radius 3 is 2.08 bits per heavy atom. The molecule has 0 aliphatic carbocycles. The Bertz CT molecular complexity index is 823. The summed E-state index contributed by atoms with van der Waals surface area (Å²) < 4.78 is 27.0. The van der Waals surface area contributed by atoms with Crippen LogP contribution in [0.25, 0.3) is 0 Å². The normalized spacial score (nSPS) is 12.7. The van der Waals surface area contributed by atoms with Gasteiger partial charge in [-0.05, 0) is 51.0 Å². The van der Waals surface area contributed by atoms with Crippen molar-refractivity contribution in [3.63, 3.8) is 0 Å². The quantitative estimate of drug-likeness (QED) is 0.874. The van der Waals surface area contributed by atoms with Crippen molar-refractivity contribution in [2.75, 3.05) is 5.32 Å². The molecule has 0 saturated carbocycles. The standard InChI is InChI=1S/C18H22N2O3S/c1-12-10-13(2)17(14(3)11-12)19-18(21)15(4)20-24(22,23)16-8-6-5-7-9-16/h5-11,15,20H,1-4H3,(H,19,21)/t15-/m1/s1. The van der Waals surface area contributed by atoms with Gasteiger partial charge in [-0.2, -0.15) is 4.72 Å². The Kier molecular flexibility index (Phi) is 5.41. The number of carbonyl (C=O) groups excluding carboxylic acids is 1. The number of rotatable bonds is 5. The minimum atomic E-state index is -3.73. The summed E-state index contributed by atoms with van der Waals surface area (Å²) in [6.45, 7) is 7.33. The van der Waals surface area contributed by atoms with Crippen molar-refractivity contribution in [2.45, 2.75) is 38.6 Å². The first kappa shape index (κ1) is 18.2. The highest BCUT2D eigenvalue weighted by atomic mass is 32.2. The van der Waals surface area contributed by atoms with Gasteiger partial charge in [-0.15, -0.1) is 0 Å². The van der Waals surface area contributed by atoms with Crippen LogP contribution in [0.4, 0.5) is 5.69 Å². The van der Waals surface area contributed by atoms with E-state index in [1.165, 1.54) is 19.1 Å². The largest absolute Gasteiger partial charge is 0.324 e. The molecule has 5 nitrogen and oxygen atoms in total. The van der Waals surface area contributed by atoms with Gasteiger partial charge in [0.15, 0.2) is 0 Å². The predicted molar refractivity (Wildman–Crippen MR) is 95.5 cm³/mol. The van der Waals surface area contributed by atoms with E-state index < -0.39 is 22.0 Å². The number of hydrogen-bond acceptors (Lipinski definition) is 3. The minimum Gasteiger partial charge on any atom is -0.324 e. The van der Waals surface area contributed by atoms with Gasteiger partial charge < -0.3 is 5.32 Å². The smallest absolute Gasteiger partial charge is 0.242 e. The second-order valence-corrected chi connectivity index (χ2v) is 7.63. The first-order valence-corrected chi connectivity index (χ1v) is 9.15. The predicted octanol–water partition coefficient (Wildman–Crippen LogP) is 2.92. The molecule has 0 fully saturated rings. The van der Waals surface area contributed by atoms with Crippen LogP contribution in [0.3, 0.4) is 0 Å². The third-order valence-electron chi connectivity index (χ3n) is 3.70. The van der Waals surface area contributed by atoms with Crippen LogP contribution in [-0.4, -0.2) is 20.4 Å². The number of hydrogen-bond donors (Lipinski definition) is 2. The molecule has 2 aromatic rings. The van der Waals surface area contributed by atoms with Crippen LogP contribution >= 0.6 is 0 Å². The maximum absolute atomic E-state index is 12.4. The molecule has 0 unspecified atom stereocenters. The summed E-state index contributed by atoms with van der Waals surface area (Å²) in [6, 6.07) is 11.0. The van der Waals surface area contributed by atoms with Crippen LogP contribution in [0, 0.1) is 20.8 Å². The summed E-state index contributed by atoms with van der Waals surface area (Å²) in [5, 5.41) is 2.81. The zero-order valence-electron chi connectivity index (χ0n) is 14.3. The van der Waals surface area contributed by atoms with E-state index in [-0.39, 0.29) is 4.90 Å². The highest BCUT2D eigenvalue weighted by Crippen LogP contribution is 2.22. The SMILES string of the molecule is Cc1cc(C)c(NC(=O)[C@@H](C)NS(=O)(=O)c2ccccc2)c(C)c1. The second kappa shape index (κ2) is 7.15. The molecule has 0 saturated heterocycles. The van der Waals surface area contributed by atoms with Crippen LogP contribution in [0.1, 0.15) is 23.6 Å². The second-order valence-electron chi connectivity index (χ2n) is 5.92. The fourth-order valence-electron chi connectivity index (χ4n) is 2.56. The van der Waals surface area contributed by atoms with E-state index in [0.29, 0.717) is 0 Å². The van der Waals surface area contributed by atoms with Crippen molar-refractivity contribution in [2.24, 2.45) is 0 Å². The molecule has 0 aromatic heterocycles.